The second kappa shape index (κ2) is 7.79. The number of methoxy groups -OCH3 is 1. The van der Waals surface area contributed by atoms with Crippen LogP contribution in [0.2, 0.25) is 0 Å². The van der Waals surface area contributed by atoms with Gasteiger partial charge in [-0.1, -0.05) is 30.3 Å². The lowest BCUT2D eigenvalue weighted by molar-refractivity contribution is -0.0511. The second-order valence-corrected chi connectivity index (χ2v) is 8.78. The van der Waals surface area contributed by atoms with E-state index >= 15 is 0 Å². The maximum Gasteiger partial charge on any atom is 0.255 e. The van der Waals surface area contributed by atoms with Crippen LogP contribution in [0.4, 0.5) is 0 Å². The monoisotopic (exact) mass is 391 g/mol. The van der Waals surface area contributed by atoms with Crippen LogP contribution < -0.4 is 4.74 Å². The zero-order chi connectivity index (χ0) is 19.8. The molecule has 0 unspecified atom stereocenters. The van der Waals surface area contributed by atoms with Gasteiger partial charge in [-0.2, -0.15) is 0 Å². The third kappa shape index (κ3) is 3.52. The van der Waals surface area contributed by atoms with E-state index in [9.17, 15) is 4.79 Å². The zero-order valence-electron chi connectivity index (χ0n) is 17.0. The first-order valence-electron chi connectivity index (χ1n) is 10.8. The van der Waals surface area contributed by atoms with E-state index in [1.165, 1.54) is 31.2 Å². The Morgan fingerprint density at radius 1 is 1.07 bits per heavy atom. The number of fused-ring (bicyclic) bond motifs is 4. The third-order valence-electron chi connectivity index (χ3n) is 7.05. The molecule has 1 amide bonds. The van der Waals surface area contributed by atoms with Crippen molar-refractivity contribution in [3.63, 3.8) is 0 Å². The van der Waals surface area contributed by atoms with Crippen molar-refractivity contribution in [2.45, 2.75) is 37.8 Å². The molecule has 1 aromatic carbocycles. The van der Waals surface area contributed by atoms with E-state index in [4.69, 9.17) is 4.74 Å². The lowest BCUT2D eigenvalue weighted by atomic mass is 9.74. The van der Waals surface area contributed by atoms with E-state index in [1.54, 1.807) is 19.4 Å². The maximum absolute atomic E-state index is 13.1. The molecule has 152 valence electrons. The lowest BCUT2D eigenvalue weighted by Crippen LogP contribution is -2.60. The van der Waals surface area contributed by atoms with Crippen molar-refractivity contribution in [1.29, 1.82) is 0 Å². The van der Waals surface area contributed by atoms with Crippen molar-refractivity contribution >= 4 is 5.91 Å². The summed E-state index contributed by atoms with van der Waals surface area (Å²) in [6.07, 6.45) is 6.68. The summed E-state index contributed by atoms with van der Waals surface area (Å²) in [7, 11) is 1.59. The van der Waals surface area contributed by atoms with E-state index in [0.717, 1.165) is 19.6 Å². The minimum atomic E-state index is 0.110. The van der Waals surface area contributed by atoms with Gasteiger partial charge in [0.1, 0.15) is 0 Å². The molecule has 4 heterocycles. The minimum Gasteiger partial charge on any atom is -0.481 e. The quantitative estimate of drug-likeness (QED) is 0.799. The molecule has 3 fully saturated rings. The first-order valence-corrected chi connectivity index (χ1v) is 10.8. The summed E-state index contributed by atoms with van der Waals surface area (Å²) in [6, 6.07) is 15.7. The molecule has 0 aliphatic carbocycles. The third-order valence-corrected chi connectivity index (χ3v) is 7.05. The highest BCUT2D eigenvalue weighted by Gasteiger charge is 2.45. The van der Waals surface area contributed by atoms with Crippen molar-refractivity contribution < 1.29 is 9.53 Å². The summed E-state index contributed by atoms with van der Waals surface area (Å²) in [6.45, 7) is 2.82. The van der Waals surface area contributed by atoms with Gasteiger partial charge in [-0.3, -0.25) is 9.69 Å². The number of piperidine rings is 3. The van der Waals surface area contributed by atoms with Crippen LogP contribution in [-0.4, -0.2) is 53.5 Å². The number of hydrogen-bond donors (Lipinski definition) is 0. The van der Waals surface area contributed by atoms with E-state index in [2.05, 4.69) is 45.1 Å². The average Bonchev–Trinajstić information content (AvgIpc) is 2.79. The maximum atomic E-state index is 13.1. The van der Waals surface area contributed by atoms with Crippen LogP contribution in [0.1, 0.15) is 47.6 Å². The van der Waals surface area contributed by atoms with Crippen molar-refractivity contribution in [2.75, 3.05) is 26.7 Å². The van der Waals surface area contributed by atoms with Crippen molar-refractivity contribution in [1.82, 2.24) is 14.8 Å². The van der Waals surface area contributed by atoms with Crippen LogP contribution in [0.15, 0.2) is 48.7 Å². The SMILES string of the molecule is COc1ccc(C(=O)N2C[C@@H]3C[C@H](C2)[C@@H]2CCC[C@H](c4ccccc4)N2C3)cn1. The van der Waals surface area contributed by atoms with Gasteiger partial charge in [-0.25, -0.2) is 4.98 Å². The summed E-state index contributed by atoms with van der Waals surface area (Å²) < 4.78 is 5.12. The summed E-state index contributed by atoms with van der Waals surface area (Å²) in [5, 5.41) is 0. The lowest BCUT2D eigenvalue weighted by Gasteiger charge is -2.55. The number of likely N-dealkylation sites (tertiary alicyclic amines) is 1. The number of pyridine rings is 1. The van der Waals surface area contributed by atoms with Crippen LogP contribution in [-0.2, 0) is 0 Å². The Kier molecular flexibility index (Phi) is 5.00. The number of hydrogen-bond acceptors (Lipinski definition) is 4. The molecular weight excluding hydrogens is 362 g/mol. The van der Waals surface area contributed by atoms with Crippen molar-refractivity contribution in [3.05, 3.63) is 59.8 Å². The molecule has 0 radical (unpaired) electrons. The summed E-state index contributed by atoms with van der Waals surface area (Å²) in [5.74, 6) is 1.79. The second-order valence-electron chi connectivity index (χ2n) is 8.78. The minimum absolute atomic E-state index is 0.110. The number of ether oxygens (including phenoxy) is 1. The van der Waals surface area contributed by atoms with Gasteiger partial charge in [0.05, 0.1) is 12.7 Å². The molecule has 4 atom stereocenters. The first kappa shape index (κ1) is 18.6. The highest BCUT2D eigenvalue weighted by molar-refractivity contribution is 5.94. The number of carbonyl (C=O) groups excluding carboxylic acids is 1. The van der Waals surface area contributed by atoms with Crippen LogP contribution in [0.3, 0.4) is 0 Å². The zero-order valence-corrected chi connectivity index (χ0v) is 17.0. The van der Waals surface area contributed by atoms with Crippen LogP contribution >= 0.6 is 0 Å². The van der Waals surface area contributed by atoms with Crippen molar-refractivity contribution in [2.24, 2.45) is 11.8 Å². The molecule has 0 saturated carbocycles. The largest absolute Gasteiger partial charge is 0.481 e. The van der Waals surface area contributed by atoms with E-state index in [0.29, 0.717) is 35.4 Å². The Morgan fingerprint density at radius 3 is 2.69 bits per heavy atom. The highest BCUT2D eigenvalue weighted by atomic mass is 16.5. The van der Waals surface area contributed by atoms with Crippen LogP contribution in [0.5, 0.6) is 5.88 Å². The topological polar surface area (TPSA) is 45.7 Å². The Morgan fingerprint density at radius 2 is 1.93 bits per heavy atom. The van der Waals surface area contributed by atoms with E-state index in [-0.39, 0.29) is 5.91 Å². The average molecular weight is 392 g/mol. The molecule has 3 aliphatic rings. The Labute approximate surface area is 172 Å². The molecule has 5 heteroatoms. The van der Waals surface area contributed by atoms with Gasteiger partial charge in [0, 0.05) is 44.0 Å². The van der Waals surface area contributed by atoms with Gasteiger partial charge in [-0.05, 0) is 49.1 Å². The fourth-order valence-corrected chi connectivity index (χ4v) is 5.82. The molecule has 3 saturated heterocycles. The molecule has 5 rings (SSSR count). The molecule has 0 spiro atoms. The van der Waals surface area contributed by atoms with Gasteiger partial charge < -0.3 is 9.64 Å². The number of nitrogens with zero attached hydrogens (tertiary/aromatic N) is 3. The Balaban J connectivity index is 1.33. The fourth-order valence-electron chi connectivity index (χ4n) is 5.82. The van der Waals surface area contributed by atoms with Gasteiger partial charge in [0.25, 0.3) is 5.91 Å². The molecule has 1 aromatic heterocycles. The van der Waals surface area contributed by atoms with E-state index in [1.807, 2.05) is 6.07 Å². The Hall–Kier alpha value is -2.40. The molecule has 0 N–H and O–H groups in total. The normalized spacial score (nSPS) is 29.2. The standard InChI is InChI=1S/C24H29N3O2/c1-29-23-11-10-19(13-25-23)24(28)26-14-17-12-20(16-26)22-9-5-8-21(27(22)15-17)18-6-3-2-4-7-18/h2-4,6-7,10-11,13,17,20-22H,5,8-9,12,14-16H2,1H3/t17-,20+,21+,22-/m0/s1. The summed E-state index contributed by atoms with van der Waals surface area (Å²) in [4.78, 5) is 22.2. The number of amides is 1. The van der Waals surface area contributed by atoms with E-state index < -0.39 is 0 Å². The smallest absolute Gasteiger partial charge is 0.255 e. The molecule has 29 heavy (non-hydrogen) atoms. The van der Waals surface area contributed by atoms with Gasteiger partial charge in [0.2, 0.25) is 5.88 Å². The highest BCUT2D eigenvalue weighted by Crippen LogP contribution is 2.44. The Bertz CT molecular complexity index is 854. The van der Waals surface area contributed by atoms with Gasteiger partial charge >= 0.3 is 0 Å². The molecule has 3 aliphatic heterocycles. The van der Waals surface area contributed by atoms with Gasteiger partial charge in [-0.15, -0.1) is 0 Å². The number of carbonyl (C=O) groups is 1. The number of rotatable bonds is 3. The molecule has 5 nitrogen and oxygen atoms in total. The first-order chi connectivity index (χ1) is 14.2. The number of aromatic nitrogens is 1. The molecule has 2 aromatic rings. The van der Waals surface area contributed by atoms with Crippen LogP contribution in [0.25, 0.3) is 0 Å². The molecular formula is C24H29N3O2. The van der Waals surface area contributed by atoms with Gasteiger partial charge in [0.15, 0.2) is 0 Å². The summed E-state index contributed by atoms with van der Waals surface area (Å²) >= 11 is 0. The number of benzene rings is 1. The predicted octanol–water partition coefficient (Wildman–Crippen LogP) is 3.78. The summed E-state index contributed by atoms with van der Waals surface area (Å²) in [5.41, 5.74) is 2.11. The van der Waals surface area contributed by atoms with Crippen LogP contribution in [0, 0.1) is 11.8 Å². The fraction of sp³-hybridized carbons (Fsp3) is 0.500. The predicted molar refractivity (Wildman–Crippen MR) is 112 cm³/mol. The van der Waals surface area contributed by atoms with Crippen molar-refractivity contribution in [3.8, 4) is 5.88 Å². The molecule has 2 bridgehead atoms.